The van der Waals surface area contributed by atoms with Gasteiger partial charge in [-0.15, -0.1) is 0 Å². The Morgan fingerprint density at radius 2 is 2.00 bits per heavy atom. The molecule has 1 heterocycles. The van der Waals surface area contributed by atoms with Crippen molar-refractivity contribution in [2.45, 2.75) is 0 Å². The maximum Gasteiger partial charge on any atom is 0.297 e. The summed E-state index contributed by atoms with van der Waals surface area (Å²) in [6.07, 6.45) is 1.58. The van der Waals surface area contributed by atoms with Gasteiger partial charge in [0.1, 0.15) is 5.75 Å². The smallest absolute Gasteiger partial charge is 0.297 e. The molecule has 0 radical (unpaired) electrons. The Bertz CT molecular complexity index is 561. The van der Waals surface area contributed by atoms with E-state index in [1.165, 1.54) is 0 Å². The van der Waals surface area contributed by atoms with E-state index in [9.17, 15) is 5.21 Å². The summed E-state index contributed by atoms with van der Waals surface area (Å²) in [5, 5.41) is 13.4. The Balaban J connectivity index is 2.39. The van der Waals surface area contributed by atoms with Gasteiger partial charge in [0.2, 0.25) is 0 Å². The molecule has 0 saturated heterocycles. The van der Waals surface area contributed by atoms with Crippen molar-refractivity contribution in [2.24, 2.45) is 0 Å². The van der Waals surface area contributed by atoms with E-state index in [1.54, 1.807) is 6.21 Å². The van der Waals surface area contributed by atoms with E-state index >= 15 is 0 Å². The summed E-state index contributed by atoms with van der Waals surface area (Å²) in [6, 6.07) is 11.9. The van der Waals surface area contributed by atoms with Gasteiger partial charge < -0.3 is 9.94 Å². The van der Waals surface area contributed by atoms with Crippen LogP contribution in [0.15, 0.2) is 36.4 Å². The highest BCUT2D eigenvalue weighted by Gasteiger charge is 2.15. The Hall–Kier alpha value is -2.03. The first-order chi connectivity index (χ1) is 7.34. The van der Waals surface area contributed by atoms with Crippen molar-refractivity contribution in [3.8, 4) is 5.75 Å². The zero-order valence-corrected chi connectivity index (χ0v) is 8.01. The molecule has 2 aromatic rings. The highest BCUT2D eigenvalue weighted by Crippen LogP contribution is 2.27. The van der Waals surface area contributed by atoms with Crippen LogP contribution in [0.3, 0.4) is 0 Å². The summed E-state index contributed by atoms with van der Waals surface area (Å²) >= 11 is 0. The molecule has 0 fully saturated rings. The van der Waals surface area contributed by atoms with Crippen molar-refractivity contribution in [1.82, 2.24) is 0 Å². The molecule has 2 aromatic carbocycles. The number of hydrogen-bond acceptors (Lipinski definition) is 2. The zero-order chi connectivity index (χ0) is 10.3. The van der Waals surface area contributed by atoms with E-state index < -0.39 is 0 Å². The van der Waals surface area contributed by atoms with Crippen molar-refractivity contribution in [3.05, 3.63) is 47.2 Å². The molecule has 0 amide bonds. The molecule has 0 saturated carbocycles. The van der Waals surface area contributed by atoms with Gasteiger partial charge in [-0.2, -0.15) is 4.74 Å². The Morgan fingerprint density at radius 3 is 2.93 bits per heavy atom. The topological polar surface area (TPSA) is 35.3 Å². The second-order valence-corrected chi connectivity index (χ2v) is 3.52. The summed E-state index contributed by atoms with van der Waals surface area (Å²) in [5.74, 6) is 0.779. The van der Waals surface area contributed by atoms with Crippen LogP contribution >= 0.6 is 0 Å². The summed E-state index contributed by atoms with van der Waals surface area (Å²) < 4.78 is 6.13. The minimum absolute atomic E-state index is 0.0747. The summed E-state index contributed by atoms with van der Waals surface area (Å²) in [5.41, 5.74) is 0.870. The Kier molecular flexibility index (Phi) is 1.65. The maximum absolute atomic E-state index is 11.2. The minimum atomic E-state index is 0.0747. The lowest BCUT2D eigenvalue weighted by atomic mass is 10.0. The van der Waals surface area contributed by atoms with Gasteiger partial charge in [-0.1, -0.05) is 30.3 Å². The van der Waals surface area contributed by atoms with Gasteiger partial charge in [0.05, 0.1) is 5.56 Å². The highest BCUT2D eigenvalue weighted by molar-refractivity contribution is 6.01. The molecule has 0 N–H and O–H groups in total. The molecule has 74 valence electrons. The molecule has 0 spiro atoms. The molecule has 0 atom stereocenters. The molecular formula is C12H9NO2. The molecule has 1 aliphatic rings. The van der Waals surface area contributed by atoms with Crippen LogP contribution in [0.2, 0.25) is 0 Å². The van der Waals surface area contributed by atoms with Gasteiger partial charge in [0.15, 0.2) is 6.21 Å². The largest absolute Gasteiger partial charge is 0.621 e. The number of hydrogen-bond donors (Lipinski definition) is 0. The fourth-order valence-electron chi connectivity index (χ4n) is 1.85. The van der Waals surface area contributed by atoms with Gasteiger partial charge in [-0.05, 0) is 16.8 Å². The standard InChI is InChI=1S/C12H9NO2/c14-13-7-11-10-4-2-1-3-9(10)5-6-12(11)15-8-13/h1-7H,8H2. The third-order valence-corrected chi connectivity index (χ3v) is 2.55. The highest BCUT2D eigenvalue weighted by atomic mass is 16.6. The molecule has 3 nitrogen and oxygen atoms in total. The van der Waals surface area contributed by atoms with Crippen LogP contribution in [0, 0.1) is 5.21 Å². The fourth-order valence-corrected chi connectivity index (χ4v) is 1.85. The molecular weight excluding hydrogens is 190 g/mol. The van der Waals surface area contributed by atoms with Crippen LogP contribution in [0.5, 0.6) is 5.75 Å². The van der Waals surface area contributed by atoms with Gasteiger partial charge in [-0.25, -0.2) is 0 Å². The van der Waals surface area contributed by atoms with Crippen LogP contribution in [-0.2, 0) is 0 Å². The van der Waals surface area contributed by atoms with Gasteiger partial charge >= 0.3 is 0 Å². The molecule has 0 bridgehead atoms. The average molecular weight is 199 g/mol. The number of nitrogens with zero attached hydrogens (tertiary/aromatic N) is 1. The van der Waals surface area contributed by atoms with Crippen molar-refractivity contribution < 1.29 is 9.48 Å². The summed E-state index contributed by atoms with van der Waals surface area (Å²) in [4.78, 5) is 0. The minimum Gasteiger partial charge on any atom is -0.621 e. The van der Waals surface area contributed by atoms with E-state index in [0.29, 0.717) is 0 Å². The number of fused-ring (bicyclic) bond motifs is 3. The molecule has 1 aliphatic heterocycles. The number of hydroxylamine groups is 1. The van der Waals surface area contributed by atoms with Gasteiger partial charge in [0.25, 0.3) is 6.73 Å². The lowest BCUT2D eigenvalue weighted by Gasteiger charge is -2.15. The number of benzene rings is 2. The van der Waals surface area contributed by atoms with E-state index in [1.807, 2.05) is 36.4 Å². The van der Waals surface area contributed by atoms with Crippen LogP contribution in [0.4, 0.5) is 0 Å². The van der Waals surface area contributed by atoms with Gasteiger partial charge in [0, 0.05) is 0 Å². The third-order valence-electron chi connectivity index (χ3n) is 2.55. The molecule has 3 heteroatoms. The predicted molar refractivity (Wildman–Crippen MR) is 58.2 cm³/mol. The Morgan fingerprint density at radius 1 is 1.13 bits per heavy atom. The van der Waals surface area contributed by atoms with Crippen molar-refractivity contribution in [2.75, 3.05) is 6.73 Å². The number of ether oxygens (including phenoxy) is 1. The molecule has 15 heavy (non-hydrogen) atoms. The van der Waals surface area contributed by atoms with E-state index in [2.05, 4.69) is 0 Å². The lowest BCUT2D eigenvalue weighted by molar-refractivity contribution is -0.491. The lowest BCUT2D eigenvalue weighted by Crippen LogP contribution is -2.19. The fraction of sp³-hybridized carbons (Fsp3) is 0.0833. The first-order valence-corrected chi connectivity index (χ1v) is 4.78. The molecule has 0 aromatic heterocycles. The SMILES string of the molecule is [O-][N+]1=Cc2c(ccc3ccccc23)OC1. The third kappa shape index (κ3) is 1.24. The quantitative estimate of drug-likeness (QED) is 0.481. The van der Waals surface area contributed by atoms with E-state index in [0.717, 1.165) is 26.8 Å². The van der Waals surface area contributed by atoms with Crippen molar-refractivity contribution in [3.63, 3.8) is 0 Å². The molecule has 0 aliphatic carbocycles. The Labute approximate surface area is 86.8 Å². The second kappa shape index (κ2) is 2.98. The van der Waals surface area contributed by atoms with E-state index in [-0.39, 0.29) is 6.73 Å². The van der Waals surface area contributed by atoms with Crippen LogP contribution < -0.4 is 4.74 Å². The second-order valence-electron chi connectivity index (χ2n) is 3.52. The summed E-state index contributed by atoms with van der Waals surface area (Å²) in [7, 11) is 0. The van der Waals surface area contributed by atoms with Crippen molar-refractivity contribution >= 4 is 17.0 Å². The van der Waals surface area contributed by atoms with E-state index in [4.69, 9.17) is 4.74 Å². The molecule has 3 rings (SSSR count). The molecule has 0 unspecified atom stereocenters. The first-order valence-electron chi connectivity index (χ1n) is 4.78. The van der Waals surface area contributed by atoms with Crippen LogP contribution in [0.1, 0.15) is 5.56 Å². The number of rotatable bonds is 0. The monoisotopic (exact) mass is 199 g/mol. The predicted octanol–water partition coefficient (Wildman–Crippen LogP) is 2.12. The van der Waals surface area contributed by atoms with Crippen LogP contribution in [0.25, 0.3) is 10.8 Å². The first kappa shape index (κ1) is 8.29. The normalized spacial score (nSPS) is 14.3. The van der Waals surface area contributed by atoms with Gasteiger partial charge in [-0.3, -0.25) is 0 Å². The maximum atomic E-state index is 11.2. The zero-order valence-electron chi connectivity index (χ0n) is 8.01. The summed E-state index contributed by atoms with van der Waals surface area (Å²) in [6.45, 7) is 0.0747. The van der Waals surface area contributed by atoms with Crippen molar-refractivity contribution in [1.29, 1.82) is 0 Å². The van der Waals surface area contributed by atoms with Crippen LogP contribution in [-0.4, -0.2) is 17.7 Å². The average Bonchev–Trinajstić information content (AvgIpc) is 2.29.